The fourth-order valence-corrected chi connectivity index (χ4v) is 3.43. The average Bonchev–Trinajstić information content (AvgIpc) is 3.00. The van der Waals surface area contributed by atoms with Crippen molar-refractivity contribution in [2.75, 3.05) is 25.3 Å². The molecule has 3 rings (SSSR count). The molecular weight excluding hydrogens is 362 g/mol. The van der Waals surface area contributed by atoms with Crippen molar-refractivity contribution in [3.05, 3.63) is 47.9 Å². The van der Waals surface area contributed by atoms with Crippen LogP contribution >= 0.6 is 0 Å². The van der Waals surface area contributed by atoms with Gasteiger partial charge in [0.05, 0.1) is 24.3 Å². The van der Waals surface area contributed by atoms with Gasteiger partial charge in [0.2, 0.25) is 10.0 Å². The van der Waals surface area contributed by atoms with Crippen LogP contribution in [0.15, 0.2) is 36.8 Å². The molecule has 0 aliphatic heterocycles. The van der Waals surface area contributed by atoms with Crippen molar-refractivity contribution in [3.63, 3.8) is 0 Å². The number of sulfonamides is 1. The third kappa shape index (κ3) is 3.96. The first kappa shape index (κ1) is 19.3. The number of imidazole rings is 1. The van der Waals surface area contributed by atoms with Crippen molar-refractivity contribution in [1.29, 1.82) is 0 Å². The van der Waals surface area contributed by atoms with Gasteiger partial charge in [0.15, 0.2) is 0 Å². The molecule has 27 heavy (non-hydrogen) atoms. The van der Waals surface area contributed by atoms with Crippen LogP contribution in [0.25, 0.3) is 11.0 Å². The van der Waals surface area contributed by atoms with E-state index in [0.29, 0.717) is 6.54 Å². The Bertz CT molecular complexity index is 1070. The summed E-state index contributed by atoms with van der Waals surface area (Å²) in [6, 6.07) is 8.08. The molecule has 0 radical (unpaired) electrons. The Labute approximate surface area is 160 Å². The first-order valence-corrected chi connectivity index (χ1v) is 10.6. The lowest BCUT2D eigenvalue weighted by Gasteiger charge is -2.23. The minimum absolute atomic E-state index is 0.356. The zero-order chi connectivity index (χ0) is 19.8. The number of fused-ring (bicyclic) bond motifs is 1. The number of aryl methyl sites for hydroxylation is 2. The van der Waals surface area contributed by atoms with Gasteiger partial charge >= 0.3 is 0 Å². The molecule has 144 valence electrons. The number of aromatic nitrogens is 3. The lowest BCUT2D eigenvalue weighted by Crippen LogP contribution is -2.25. The van der Waals surface area contributed by atoms with E-state index in [9.17, 15) is 8.42 Å². The molecule has 0 spiro atoms. The molecule has 0 aliphatic rings. The summed E-state index contributed by atoms with van der Waals surface area (Å²) in [7, 11) is 2.34. The predicted molar refractivity (Wildman–Crippen MR) is 109 cm³/mol. The first-order chi connectivity index (χ1) is 12.7. The molecule has 0 fully saturated rings. The summed E-state index contributed by atoms with van der Waals surface area (Å²) in [5.74, 6) is 0.835. The Kier molecular flexibility index (Phi) is 5.21. The van der Waals surface area contributed by atoms with Crippen molar-refractivity contribution < 1.29 is 8.42 Å². The third-order valence-electron chi connectivity index (χ3n) is 4.80. The SMILES string of the molecule is CCc1cc(CN(C)S(C)(=O)=O)ccc1N(C)c1cc2c(cn1)ncn2C. The van der Waals surface area contributed by atoms with E-state index in [4.69, 9.17) is 0 Å². The number of hydrogen-bond donors (Lipinski definition) is 0. The molecule has 2 aromatic heterocycles. The lowest BCUT2D eigenvalue weighted by molar-refractivity contribution is 0.472. The maximum Gasteiger partial charge on any atom is 0.211 e. The second-order valence-corrected chi connectivity index (χ2v) is 8.87. The largest absolute Gasteiger partial charge is 0.334 e. The second-order valence-electron chi connectivity index (χ2n) is 6.78. The smallest absolute Gasteiger partial charge is 0.211 e. The van der Waals surface area contributed by atoms with E-state index in [2.05, 4.69) is 27.9 Å². The highest BCUT2D eigenvalue weighted by atomic mass is 32.2. The van der Waals surface area contributed by atoms with Gasteiger partial charge in [-0.15, -0.1) is 0 Å². The normalized spacial score (nSPS) is 12.1. The summed E-state index contributed by atoms with van der Waals surface area (Å²) in [5, 5.41) is 0. The van der Waals surface area contributed by atoms with Gasteiger partial charge in [0, 0.05) is 39.4 Å². The molecule has 0 unspecified atom stereocenters. The van der Waals surface area contributed by atoms with Crippen molar-refractivity contribution in [1.82, 2.24) is 18.8 Å². The van der Waals surface area contributed by atoms with Gasteiger partial charge in [-0.1, -0.05) is 19.1 Å². The molecule has 0 aliphatic carbocycles. The molecule has 0 amide bonds. The van der Waals surface area contributed by atoms with Gasteiger partial charge in [-0.2, -0.15) is 0 Å². The Morgan fingerprint density at radius 2 is 1.89 bits per heavy atom. The Morgan fingerprint density at radius 3 is 2.56 bits per heavy atom. The van der Waals surface area contributed by atoms with E-state index in [-0.39, 0.29) is 0 Å². The van der Waals surface area contributed by atoms with Crippen molar-refractivity contribution in [2.24, 2.45) is 7.05 Å². The van der Waals surface area contributed by atoms with E-state index in [1.165, 1.54) is 10.6 Å². The number of rotatable bonds is 6. The topological polar surface area (TPSA) is 71.3 Å². The van der Waals surface area contributed by atoms with Gasteiger partial charge in [-0.05, 0) is 23.6 Å². The van der Waals surface area contributed by atoms with Crippen LogP contribution in [0.5, 0.6) is 0 Å². The summed E-state index contributed by atoms with van der Waals surface area (Å²) in [6.07, 6.45) is 5.61. The monoisotopic (exact) mass is 387 g/mol. The summed E-state index contributed by atoms with van der Waals surface area (Å²) in [4.78, 5) is 10.9. The highest BCUT2D eigenvalue weighted by Gasteiger charge is 2.15. The van der Waals surface area contributed by atoms with Crippen LogP contribution in [0.1, 0.15) is 18.1 Å². The van der Waals surface area contributed by atoms with Crippen LogP contribution in [-0.4, -0.2) is 47.6 Å². The molecule has 2 heterocycles. The molecular formula is C19H25N5O2S. The lowest BCUT2D eigenvalue weighted by atomic mass is 10.1. The Balaban J connectivity index is 1.93. The van der Waals surface area contributed by atoms with Crippen molar-refractivity contribution >= 4 is 32.6 Å². The van der Waals surface area contributed by atoms with Gasteiger partial charge in [-0.3, -0.25) is 0 Å². The molecule has 0 atom stereocenters. The van der Waals surface area contributed by atoms with E-state index in [0.717, 1.165) is 40.1 Å². The Morgan fingerprint density at radius 1 is 1.15 bits per heavy atom. The quantitative estimate of drug-likeness (QED) is 0.650. The molecule has 0 bridgehead atoms. The molecule has 0 saturated heterocycles. The fraction of sp³-hybridized carbons (Fsp3) is 0.368. The second kappa shape index (κ2) is 7.28. The van der Waals surface area contributed by atoms with E-state index in [1.54, 1.807) is 19.6 Å². The average molecular weight is 388 g/mol. The number of pyridine rings is 1. The maximum atomic E-state index is 11.7. The maximum absolute atomic E-state index is 11.7. The molecule has 1 aromatic carbocycles. The van der Waals surface area contributed by atoms with Crippen LogP contribution in [0.2, 0.25) is 0 Å². The first-order valence-electron chi connectivity index (χ1n) is 8.74. The van der Waals surface area contributed by atoms with Crippen LogP contribution in [-0.2, 0) is 30.0 Å². The van der Waals surface area contributed by atoms with E-state index >= 15 is 0 Å². The van der Waals surface area contributed by atoms with Crippen LogP contribution < -0.4 is 4.90 Å². The highest BCUT2D eigenvalue weighted by molar-refractivity contribution is 7.88. The van der Waals surface area contributed by atoms with E-state index in [1.807, 2.05) is 36.9 Å². The number of nitrogens with zero attached hydrogens (tertiary/aromatic N) is 5. The molecule has 8 heteroatoms. The zero-order valence-electron chi connectivity index (χ0n) is 16.3. The van der Waals surface area contributed by atoms with Crippen molar-refractivity contribution in [2.45, 2.75) is 19.9 Å². The highest BCUT2D eigenvalue weighted by Crippen LogP contribution is 2.29. The Hall–Kier alpha value is -2.45. The zero-order valence-corrected chi connectivity index (χ0v) is 17.2. The molecule has 0 saturated carbocycles. The molecule has 7 nitrogen and oxygen atoms in total. The van der Waals surface area contributed by atoms with Gasteiger partial charge < -0.3 is 9.47 Å². The van der Waals surface area contributed by atoms with Gasteiger partial charge in [0.25, 0.3) is 0 Å². The standard InChI is InChI=1S/C19H25N5O2S/c1-6-15-9-14(12-23(3)27(5,25)26)7-8-17(15)24(4)19-10-18-16(11-20-19)21-13-22(18)2/h7-11,13H,6,12H2,1-5H3. The minimum Gasteiger partial charge on any atom is -0.334 e. The predicted octanol–water partition coefficient (Wildman–Crippen LogP) is 2.69. The summed E-state index contributed by atoms with van der Waals surface area (Å²) >= 11 is 0. The minimum atomic E-state index is -3.20. The van der Waals surface area contributed by atoms with Gasteiger partial charge in [-0.25, -0.2) is 22.7 Å². The fourth-order valence-electron chi connectivity index (χ4n) is 3.05. The third-order valence-corrected chi connectivity index (χ3v) is 6.06. The molecule has 0 N–H and O–H groups in total. The number of hydrogen-bond acceptors (Lipinski definition) is 5. The van der Waals surface area contributed by atoms with E-state index < -0.39 is 10.0 Å². The number of anilines is 2. The summed E-state index contributed by atoms with van der Waals surface area (Å²) in [6.45, 7) is 2.45. The van der Waals surface area contributed by atoms with Crippen molar-refractivity contribution in [3.8, 4) is 0 Å². The van der Waals surface area contributed by atoms with Gasteiger partial charge in [0.1, 0.15) is 11.3 Å². The van der Waals surface area contributed by atoms with Crippen LogP contribution in [0.3, 0.4) is 0 Å². The summed E-state index contributed by atoms with van der Waals surface area (Å²) < 4.78 is 26.7. The molecule has 3 aromatic rings. The number of benzene rings is 1. The van der Waals surface area contributed by atoms with Crippen LogP contribution in [0, 0.1) is 0 Å². The van der Waals surface area contributed by atoms with Crippen LogP contribution in [0.4, 0.5) is 11.5 Å². The summed E-state index contributed by atoms with van der Waals surface area (Å²) in [5.41, 5.74) is 5.05.